The summed E-state index contributed by atoms with van der Waals surface area (Å²) in [7, 11) is 0. The van der Waals surface area contributed by atoms with Crippen LogP contribution in [0, 0.1) is 6.92 Å². The zero-order valence-corrected chi connectivity index (χ0v) is 17.5. The number of hydrogen-bond donors (Lipinski definition) is 1. The molecule has 6 heteroatoms. The summed E-state index contributed by atoms with van der Waals surface area (Å²) in [5.74, 6) is 1.25. The first-order valence-electron chi connectivity index (χ1n) is 9.59. The zero-order valence-electron chi connectivity index (χ0n) is 16.7. The Morgan fingerprint density at radius 3 is 2.60 bits per heavy atom. The molecule has 4 rings (SSSR count). The number of nitrogens with zero attached hydrogens (tertiary/aromatic N) is 2. The second-order valence-corrected chi connectivity index (χ2v) is 7.77. The van der Waals surface area contributed by atoms with E-state index >= 15 is 0 Å². The lowest BCUT2D eigenvalue weighted by Gasteiger charge is -2.22. The molecule has 2 heterocycles. The molecule has 0 saturated carbocycles. The summed E-state index contributed by atoms with van der Waals surface area (Å²) in [4.78, 5) is 20.2. The van der Waals surface area contributed by atoms with Crippen molar-refractivity contribution < 1.29 is 9.53 Å². The minimum Gasteiger partial charge on any atom is -0.430 e. The molecule has 150 valence electrons. The Morgan fingerprint density at radius 1 is 1.07 bits per heavy atom. The molecule has 30 heavy (non-hydrogen) atoms. The van der Waals surface area contributed by atoms with Crippen LogP contribution >= 0.6 is 11.3 Å². The van der Waals surface area contributed by atoms with Crippen LogP contribution in [0.2, 0.25) is 0 Å². The molecular formula is C24H21N3O2S. The SMILES string of the molecule is Cc1ccccc1/C(=C(\OC=O)C(C)Nc1ncnc2ccsc12)c1ccccc1. The Balaban J connectivity index is 1.86. The van der Waals surface area contributed by atoms with Gasteiger partial charge in [-0.05, 0) is 42.0 Å². The molecule has 4 aromatic rings. The molecule has 0 aliphatic carbocycles. The molecule has 1 N–H and O–H groups in total. The van der Waals surface area contributed by atoms with Gasteiger partial charge in [-0.3, -0.25) is 4.79 Å². The van der Waals surface area contributed by atoms with E-state index in [1.807, 2.05) is 66.9 Å². The highest BCUT2D eigenvalue weighted by molar-refractivity contribution is 7.17. The molecule has 0 radical (unpaired) electrons. The van der Waals surface area contributed by atoms with Crippen LogP contribution in [-0.4, -0.2) is 22.5 Å². The molecule has 0 saturated heterocycles. The van der Waals surface area contributed by atoms with Crippen molar-refractivity contribution in [2.75, 3.05) is 5.32 Å². The summed E-state index contributed by atoms with van der Waals surface area (Å²) < 4.78 is 6.56. The van der Waals surface area contributed by atoms with Crippen LogP contribution in [-0.2, 0) is 9.53 Å². The Bertz CT molecular complexity index is 1200. The summed E-state index contributed by atoms with van der Waals surface area (Å²) in [6, 6.07) is 19.7. The van der Waals surface area contributed by atoms with Gasteiger partial charge in [0.2, 0.25) is 0 Å². The van der Waals surface area contributed by atoms with Crippen molar-refractivity contribution >= 4 is 39.4 Å². The topological polar surface area (TPSA) is 64.1 Å². The van der Waals surface area contributed by atoms with E-state index < -0.39 is 0 Å². The number of aromatic nitrogens is 2. The van der Waals surface area contributed by atoms with E-state index in [1.54, 1.807) is 11.3 Å². The van der Waals surface area contributed by atoms with E-state index in [4.69, 9.17) is 4.74 Å². The highest BCUT2D eigenvalue weighted by Gasteiger charge is 2.22. The lowest BCUT2D eigenvalue weighted by Crippen LogP contribution is -2.22. The maximum atomic E-state index is 11.5. The second-order valence-electron chi connectivity index (χ2n) is 6.86. The molecule has 2 aromatic heterocycles. The van der Waals surface area contributed by atoms with E-state index in [0.29, 0.717) is 18.0 Å². The van der Waals surface area contributed by atoms with Crippen LogP contribution in [0.15, 0.2) is 78.1 Å². The number of rotatable bonds is 7. The van der Waals surface area contributed by atoms with Crippen LogP contribution in [0.4, 0.5) is 5.82 Å². The lowest BCUT2D eigenvalue weighted by molar-refractivity contribution is -0.125. The first-order valence-corrected chi connectivity index (χ1v) is 10.5. The van der Waals surface area contributed by atoms with Crippen molar-refractivity contribution in [2.45, 2.75) is 19.9 Å². The predicted molar refractivity (Wildman–Crippen MR) is 121 cm³/mol. The quantitative estimate of drug-likeness (QED) is 0.322. The number of hydrogen-bond acceptors (Lipinski definition) is 6. The van der Waals surface area contributed by atoms with Crippen LogP contribution in [0.1, 0.15) is 23.6 Å². The Labute approximate surface area is 179 Å². The third kappa shape index (κ3) is 3.95. The van der Waals surface area contributed by atoms with Crippen LogP contribution in [0.3, 0.4) is 0 Å². The molecule has 1 atom stereocenters. The molecule has 0 aliphatic heterocycles. The Kier molecular flexibility index (Phi) is 5.86. The third-order valence-corrected chi connectivity index (χ3v) is 5.80. The van der Waals surface area contributed by atoms with Crippen molar-refractivity contribution in [1.82, 2.24) is 9.97 Å². The molecule has 5 nitrogen and oxygen atoms in total. The molecular weight excluding hydrogens is 394 g/mol. The smallest absolute Gasteiger partial charge is 0.298 e. The van der Waals surface area contributed by atoms with Crippen molar-refractivity contribution in [2.24, 2.45) is 0 Å². The highest BCUT2D eigenvalue weighted by atomic mass is 32.1. The van der Waals surface area contributed by atoms with E-state index in [9.17, 15) is 4.79 Å². The first kappa shape index (κ1) is 19.8. The minimum absolute atomic E-state index is 0.315. The summed E-state index contributed by atoms with van der Waals surface area (Å²) in [6.07, 6.45) is 1.54. The van der Waals surface area contributed by atoms with Gasteiger partial charge < -0.3 is 10.1 Å². The fourth-order valence-corrected chi connectivity index (χ4v) is 4.28. The molecule has 0 fully saturated rings. The van der Waals surface area contributed by atoms with E-state index in [2.05, 4.69) is 28.3 Å². The van der Waals surface area contributed by atoms with Crippen molar-refractivity contribution in [3.05, 3.63) is 94.8 Å². The minimum atomic E-state index is -0.315. The number of carbonyl (C=O) groups is 1. The van der Waals surface area contributed by atoms with Gasteiger partial charge >= 0.3 is 0 Å². The van der Waals surface area contributed by atoms with Crippen molar-refractivity contribution in [3.63, 3.8) is 0 Å². The highest BCUT2D eigenvalue weighted by Crippen LogP contribution is 2.33. The summed E-state index contributed by atoms with van der Waals surface area (Å²) in [6.45, 7) is 4.49. The first-order chi connectivity index (χ1) is 14.7. The van der Waals surface area contributed by atoms with Gasteiger partial charge in [-0.15, -0.1) is 11.3 Å². The number of anilines is 1. The third-order valence-electron chi connectivity index (χ3n) is 4.89. The van der Waals surface area contributed by atoms with Gasteiger partial charge in [-0.1, -0.05) is 54.6 Å². The van der Waals surface area contributed by atoms with Crippen molar-refractivity contribution in [3.8, 4) is 0 Å². The average molecular weight is 416 g/mol. The molecule has 0 amide bonds. The maximum Gasteiger partial charge on any atom is 0.298 e. The van der Waals surface area contributed by atoms with Gasteiger partial charge in [-0.2, -0.15) is 0 Å². The fourth-order valence-electron chi connectivity index (χ4n) is 3.48. The molecule has 0 spiro atoms. The molecule has 0 aliphatic rings. The van der Waals surface area contributed by atoms with Gasteiger partial charge in [0.25, 0.3) is 6.47 Å². The molecule has 2 aromatic carbocycles. The van der Waals surface area contributed by atoms with Crippen LogP contribution < -0.4 is 5.32 Å². The molecule has 1 unspecified atom stereocenters. The van der Waals surface area contributed by atoms with Gasteiger partial charge in [0.1, 0.15) is 17.9 Å². The number of carbonyl (C=O) groups excluding carboxylic acids is 1. The number of thiophene rings is 1. The Morgan fingerprint density at radius 2 is 1.83 bits per heavy atom. The zero-order chi connectivity index (χ0) is 20.9. The number of nitrogens with one attached hydrogen (secondary N) is 1. The van der Waals surface area contributed by atoms with Gasteiger partial charge in [-0.25, -0.2) is 9.97 Å². The van der Waals surface area contributed by atoms with Gasteiger partial charge in [0.05, 0.1) is 16.3 Å². The number of benzene rings is 2. The van der Waals surface area contributed by atoms with E-state index in [-0.39, 0.29) is 6.04 Å². The summed E-state index contributed by atoms with van der Waals surface area (Å²) in [5, 5.41) is 5.40. The van der Waals surface area contributed by atoms with Gasteiger partial charge in [0.15, 0.2) is 0 Å². The largest absolute Gasteiger partial charge is 0.430 e. The molecule has 0 bridgehead atoms. The average Bonchev–Trinajstić information content (AvgIpc) is 3.25. The van der Waals surface area contributed by atoms with Crippen LogP contribution in [0.25, 0.3) is 15.8 Å². The van der Waals surface area contributed by atoms with Gasteiger partial charge in [0, 0.05) is 5.57 Å². The summed E-state index contributed by atoms with van der Waals surface area (Å²) in [5.41, 5.74) is 4.84. The second kappa shape index (κ2) is 8.88. The predicted octanol–water partition coefficient (Wildman–Crippen LogP) is 5.43. The Hall–Kier alpha value is -3.51. The van der Waals surface area contributed by atoms with Crippen LogP contribution in [0.5, 0.6) is 0 Å². The lowest BCUT2D eigenvalue weighted by atomic mass is 9.91. The fraction of sp³-hybridized carbons (Fsp3) is 0.125. The normalized spacial score (nSPS) is 12.9. The summed E-state index contributed by atoms with van der Waals surface area (Å²) >= 11 is 1.57. The van der Waals surface area contributed by atoms with E-state index in [0.717, 1.165) is 32.5 Å². The van der Waals surface area contributed by atoms with E-state index in [1.165, 1.54) is 6.33 Å². The maximum absolute atomic E-state index is 11.5. The number of ether oxygens (including phenoxy) is 1. The van der Waals surface area contributed by atoms with Crippen molar-refractivity contribution in [1.29, 1.82) is 0 Å². The standard InChI is InChI=1S/C24H21N3O2S/c1-16-8-6-7-11-19(16)21(18-9-4-3-5-10-18)22(29-15-28)17(2)27-24-23-20(12-13-30-23)25-14-26-24/h3-15,17H,1-2H3,(H,25,26,27)/b22-21-. The monoisotopic (exact) mass is 415 g/mol. The number of aryl methyl sites for hydroxylation is 1. The number of fused-ring (bicyclic) bond motifs is 1.